The van der Waals surface area contributed by atoms with Gasteiger partial charge in [-0.05, 0) is 48.5 Å². The van der Waals surface area contributed by atoms with Crippen LogP contribution in [-0.4, -0.2) is 26.9 Å². The number of nitrogens with one attached hydrogen (secondary N) is 2. The maximum absolute atomic E-state index is 12.8. The summed E-state index contributed by atoms with van der Waals surface area (Å²) < 4.78 is 0. The topological polar surface area (TPSA) is 104 Å². The third kappa shape index (κ3) is 3.89. The second-order valence-electron chi connectivity index (χ2n) is 6.24. The molecular formula is C22H16N4O3. The summed E-state index contributed by atoms with van der Waals surface area (Å²) in [6.45, 7) is 0. The Morgan fingerprint density at radius 1 is 0.828 bits per heavy atom. The van der Waals surface area contributed by atoms with E-state index < -0.39 is 11.8 Å². The number of hydrazine groups is 1. The number of nitrogens with zero attached hydrogens (tertiary/aromatic N) is 2. The number of para-hydroxylation sites is 1. The highest BCUT2D eigenvalue weighted by Gasteiger charge is 2.15. The van der Waals surface area contributed by atoms with Crippen LogP contribution in [0.5, 0.6) is 5.75 Å². The predicted molar refractivity (Wildman–Crippen MR) is 108 cm³/mol. The Bertz CT molecular complexity index is 1190. The van der Waals surface area contributed by atoms with E-state index >= 15 is 0 Å². The van der Waals surface area contributed by atoms with Crippen LogP contribution in [-0.2, 0) is 0 Å². The van der Waals surface area contributed by atoms with Crippen molar-refractivity contribution in [1.82, 2.24) is 20.8 Å². The molecule has 0 unspecified atom stereocenters. The average Bonchev–Trinajstić information content (AvgIpc) is 2.77. The fourth-order valence-electron chi connectivity index (χ4n) is 2.89. The minimum atomic E-state index is -0.518. The van der Waals surface area contributed by atoms with Gasteiger partial charge in [-0.15, -0.1) is 0 Å². The number of fused-ring (bicyclic) bond motifs is 1. The molecule has 7 heteroatoms. The van der Waals surface area contributed by atoms with Crippen LogP contribution in [0.3, 0.4) is 0 Å². The molecule has 7 nitrogen and oxygen atoms in total. The summed E-state index contributed by atoms with van der Waals surface area (Å²) in [6.07, 6.45) is 1.50. The van der Waals surface area contributed by atoms with Gasteiger partial charge in [0, 0.05) is 17.1 Å². The number of hydrogen-bond donors (Lipinski definition) is 3. The second kappa shape index (κ2) is 7.77. The Labute approximate surface area is 166 Å². The molecule has 0 bridgehead atoms. The van der Waals surface area contributed by atoms with Crippen molar-refractivity contribution in [3.05, 3.63) is 90.3 Å². The number of aromatic hydroxyl groups is 1. The summed E-state index contributed by atoms with van der Waals surface area (Å²) in [4.78, 5) is 33.5. The van der Waals surface area contributed by atoms with Crippen LogP contribution < -0.4 is 10.9 Å². The highest BCUT2D eigenvalue weighted by Crippen LogP contribution is 2.26. The summed E-state index contributed by atoms with van der Waals surface area (Å²) >= 11 is 0. The molecule has 0 saturated heterocycles. The molecule has 2 amide bonds. The van der Waals surface area contributed by atoms with E-state index in [-0.39, 0.29) is 11.4 Å². The summed E-state index contributed by atoms with van der Waals surface area (Å²) in [5, 5.41) is 10.2. The van der Waals surface area contributed by atoms with Gasteiger partial charge in [0.1, 0.15) is 11.4 Å². The highest BCUT2D eigenvalue weighted by atomic mass is 16.3. The van der Waals surface area contributed by atoms with E-state index in [1.165, 1.54) is 6.20 Å². The fourth-order valence-corrected chi connectivity index (χ4v) is 2.89. The van der Waals surface area contributed by atoms with Gasteiger partial charge in [0.15, 0.2) is 0 Å². The molecule has 3 N–H and O–H groups in total. The lowest BCUT2D eigenvalue weighted by molar-refractivity contribution is 0.0845. The number of rotatable bonds is 3. The second-order valence-corrected chi connectivity index (χ2v) is 6.24. The van der Waals surface area contributed by atoms with Gasteiger partial charge in [0.2, 0.25) is 0 Å². The van der Waals surface area contributed by atoms with Crippen LogP contribution in [0.2, 0.25) is 0 Å². The van der Waals surface area contributed by atoms with Gasteiger partial charge >= 0.3 is 0 Å². The monoisotopic (exact) mass is 384 g/mol. The van der Waals surface area contributed by atoms with Crippen molar-refractivity contribution in [3.63, 3.8) is 0 Å². The van der Waals surface area contributed by atoms with Crippen LogP contribution in [0.1, 0.15) is 20.8 Å². The van der Waals surface area contributed by atoms with Crippen molar-refractivity contribution in [2.75, 3.05) is 0 Å². The summed E-state index contributed by atoms with van der Waals surface area (Å²) in [5.74, 6) is -0.853. The zero-order valence-corrected chi connectivity index (χ0v) is 15.2. The van der Waals surface area contributed by atoms with Gasteiger partial charge in [-0.25, -0.2) is 4.98 Å². The Kier molecular flexibility index (Phi) is 4.86. The van der Waals surface area contributed by atoms with Crippen LogP contribution in [0.4, 0.5) is 0 Å². The van der Waals surface area contributed by atoms with Crippen LogP contribution >= 0.6 is 0 Å². The maximum Gasteiger partial charge on any atom is 0.288 e. The molecule has 0 aliphatic carbocycles. The summed E-state index contributed by atoms with van der Waals surface area (Å²) in [6, 6.07) is 20.4. The van der Waals surface area contributed by atoms with E-state index in [9.17, 15) is 14.7 Å². The van der Waals surface area contributed by atoms with Crippen LogP contribution in [0, 0.1) is 0 Å². The summed E-state index contributed by atoms with van der Waals surface area (Å²) in [7, 11) is 0. The number of pyridine rings is 2. The number of benzene rings is 2. The van der Waals surface area contributed by atoms with Gasteiger partial charge < -0.3 is 5.11 Å². The number of phenols is 1. The van der Waals surface area contributed by atoms with Gasteiger partial charge in [-0.1, -0.05) is 24.3 Å². The molecule has 2 aromatic heterocycles. The molecule has 29 heavy (non-hydrogen) atoms. The lowest BCUT2D eigenvalue weighted by Crippen LogP contribution is -2.42. The molecule has 0 radical (unpaired) electrons. The third-order valence-corrected chi connectivity index (χ3v) is 4.31. The third-order valence-electron chi connectivity index (χ3n) is 4.31. The standard InChI is InChI=1S/C22H16N4O3/c27-15-10-8-14(9-11-15)20-13-17(16-5-1-2-6-18(16)24-20)21(28)25-26-22(29)19-7-3-4-12-23-19/h1-13,27H,(H,25,28)(H,26,29). The Morgan fingerprint density at radius 3 is 2.31 bits per heavy atom. The minimum absolute atomic E-state index is 0.143. The Hall–Kier alpha value is -4.26. The van der Waals surface area contributed by atoms with E-state index in [0.29, 0.717) is 22.2 Å². The number of carbonyl (C=O) groups excluding carboxylic acids is 2. The van der Waals surface area contributed by atoms with Crippen molar-refractivity contribution in [3.8, 4) is 17.0 Å². The highest BCUT2D eigenvalue weighted by molar-refractivity contribution is 6.08. The quantitative estimate of drug-likeness (QED) is 0.471. The molecule has 2 aromatic carbocycles. The van der Waals surface area contributed by atoms with Crippen molar-refractivity contribution < 1.29 is 14.7 Å². The van der Waals surface area contributed by atoms with Gasteiger partial charge in [-0.2, -0.15) is 0 Å². The van der Waals surface area contributed by atoms with E-state index in [4.69, 9.17) is 0 Å². The summed E-state index contributed by atoms with van der Waals surface area (Å²) in [5.41, 5.74) is 7.32. The number of carbonyl (C=O) groups is 2. The van der Waals surface area contributed by atoms with Crippen LogP contribution in [0.15, 0.2) is 79.0 Å². The Morgan fingerprint density at radius 2 is 1.55 bits per heavy atom. The maximum atomic E-state index is 12.8. The molecule has 4 aromatic rings. The van der Waals surface area contributed by atoms with E-state index in [1.807, 2.05) is 18.2 Å². The predicted octanol–water partition coefficient (Wildman–Crippen LogP) is 3.08. The lowest BCUT2D eigenvalue weighted by atomic mass is 10.0. The first kappa shape index (κ1) is 18.1. The molecule has 0 saturated carbocycles. The van der Waals surface area contributed by atoms with Crippen LogP contribution in [0.25, 0.3) is 22.2 Å². The molecule has 0 aliphatic rings. The van der Waals surface area contributed by atoms with Gasteiger partial charge in [0.25, 0.3) is 11.8 Å². The van der Waals surface area contributed by atoms with E-state index in [2.05, 4.69) is 20.8 Å². The smallest absolute Gasteiger partial charge is 0.288 e. The van der Waals surface area contributed by atoms with Crippen molar-refractivity contribution in [2.24, 2.45) is 0 Å². The minimum Gasteiger partial charge on any atom is -0.508 e. The molecular weight excluding hydrogens is 368 g/mol. The molecule has 0 atom stereocenters. The normalized spacial score (nSPS) is 10.5. The molecule has 4 rings (SSSR count). The molecule has 0 aliphatic heterocycles. The van der Waals surface area contributed by atoms with Crippen molar-refractivity contribution in [1.29, 1.82) is 0 Å². The van der Waals surface area contributed by atoms with E-state index in [0.717, 1.165) is 5.56 Å². The largest absolute Gasteiger partial charge is 0.508 e. The molecule has 2 heterocycles. The number of amides is 2. The van der Waals surface area contributed by atoms with Crippen molar-refractivity contribution in [2.45, 2.75) is 0 Å². The molecule has 0 fully saturated rings. The zero-order chi connectivity index (χ0) is 20.2. The van der Waals surface area contributed by atoms with Crippen molar-refractivity contribution >= 4 is 22.7 Å². The number of hydrogen-bond acceptors (Lipinski definition) is 5. The molecule has 142 valence electrons. The zero-order valence-electron chi connectivity index (χ0n) is 15.2. The first-order valence-electron chi connectivity index (χ1n) is 8.83. The Balaban J connectivity index is 1.65. The number of aromatic nitrogens is 2. The van der Waals surface area contributed by atoms with Gasteiger partial charge in [0.05, 0.1) is 16.8 Å². The first-order chi connectivity index (χ1) is 14.1. The number of phenolic OH excluding ortho intramolecular Hbond substituents is 1. The van der Waals surface area contributed by atoms with E-state index in [1.54, 1.807) is 54.6 Å². The molecule has 0 spiro atoms. The van der Waals surface area contributed by atoms with Gasteiger partial charge in [-0.3, -0.25) is 25.4 Å². The lowest BCUT2D eigenvalue weighted by Gasteiger charge is -2.11. The SMILES string of the molecule is O=C(NNC(=O)c1cc(-c2ccc(O)cc2)nc2ccccc12)c1ccccn1. The first-order valence-corrected chi connectivity index (χ1v) is 8.83. The average molecular weight is 384 g/mol. The fraction of sp³-hybridized carbons (Fsp3) is 0.